The number of carbonyl (C=O) groups is 1. The standard InChI is InChI=1S/C13H28O2Si/c1-7-13(10-14)12(6)15-16(8-2,9-3)11(4)5/h10-13H,7-9H2,1-6H3/t12-,13+/m1/s1. The monoisotopic (exact) mass is 244 g/mol. The minimum absolute atomic E-state index is 0.0590. The number of rotatable bonds is 8. The Hall–Kier alpha value is -0.153. The molecule has 0 N–H and O–H groups in total. The summed E-state index contributed by atoms with van der Waals surface area (Å²) in [5.74, 6) is 0.0590. The van der Waals surface area contributed by atoms with Crippen molar-refractivity contribution in [2.45, 2.75) is 71.7 Å². The van der Waals surface area contributed by atoms with E-state index < -0.39 is 8.32 Å². The van der Waals surface area contributed by atoms with Crippen LogP contribution < -0.4 is 0 Å². The first-order valence-corrected chi connectivity index (χ1v) is 9.00. The highest BCUT2D eigenvalue weighted by molar-refractivity contribution is 6.75. The Kier molecular flexibility index (Phi) is 7.16. The van der Waals surface area contributed by atoms with Crippen LogP contribution in [0.15, 0.2) is 0 Å². The van der Waals surface area contributed by atoms with Crippen molar-refractivity contribution in [3.8, 4) is 0 Å². The van der Waals surface area contributed by atoms with Crippen molar-refractivity contribution in [1.82, 2.24) is 0 Å². The average Bonchev–Trinajstić information content (AvgIpc) is 2.27. The van der Waals surface area contributed by atoms with E-state index in [1.807, 2.05) is 0 Å². The minimum Gasteiger partial charge on any atom is -0.413 e. The third-order valence-corrected chi connectivity index (χ3v) is 9.26. The molecule has 0 fully saturated rings. The molecule has 0 rings (SSSR count). The van der Waals surface area contributed by atoms with E-state index in [1.165, 1.54) is 0 Å². The van der Waals surface area contributed by atoms with Gasteiger partial charge in [-0.05, 0) is 31.0 Å². The van der Waals surface area contributed by atoms with Gasteiger partial charge in [-0.2, -0.15) is 0 Å². The highest BCUT2D eigenvalue weighted by Crippen LogP contribution is 2.32. The summed E-state index contributed by atoms with van der Waals surface area (Å²) in [5, 5.41) is 0. The number of hydrogen-bond donors (Lipinski definition) is 0. The van der Waals surface area contributed by atoms with Gasteiger partial charge in [0.05, 0.1) is 6.10 Å². The normalized spacial score (nSPS) is 16.2. The molecule has 2 nitrogen and oxygen atoms in total. The molecule has 0 aromatic heterocycles. The smallest absolute Gasteiger partial charge is 0.195 e. The lowest BCUT2D eigenvalue weighted by Gasteiger charge is -2.37. The van der Waals surface area contributed by atoms with E-state index in [-0.39, 0.29) is 12.0 Å². The molecule has 96 valence electrons. The fourth-order valence-corrected chi connectivity index (χ4v) is 6.02. The molecule has 2 atom stereocenters. The average molecular weight is 244 g/mol. The quantitative estimate of drug-likeness (QED) is 0.476. The topological polar surface area (TPSA) is 26.3 Å². The van der Waals surface area contributed by atoms with Gasteiger partial charge in [0.2, 0.25) is 0 Å². The van der Waals surface area contributed by atoms with Crippen LogP contribution in [0.3, 0.4) is 0 Å². The summed E-state index contributed by atoms with van der Waals surface area (Å²) in [4.78, 5) is 10.9. The van der Waals surface area contributed by atoms with Gasteiger partial charge in [-0.1, -0.05) is 34.6 Å². The van der Waals surface area contributed by atoms with Gasteiger partial charge in [0, 0.05) is 5.92 Å². The highest BCUT2D eigenvalue weighted by atomic mass is 28.4. The molecule has 0 saturated carbocycles. The Balaban J connectivity index is 4.68. The van der Waals surface area contributed by atoms with Crippen LogP contribution in [0.1, 0.15) is 48.0 Å². The van der Waals surface area contributed by atoms with E-state index in [4.69, 9.17) is 4.43 Å². The number of hydrogen-bond acceptors (Lipinski definition) is 2. The van der Waals surface area contributed by atoms with E-state index in [2.05, 4.69) is 41.5 Å². The first kappa shape index (κ1) is 15.8. The van der Waals surface area contributed by atoms with Gasteiger partial charge < -0.3 is 9.22 Å². The lowest BCUT2D eigenvalue weighted by Crippen LogP contribution is -2.44. The van der Waals surface area contributed by atoms with E-state index in [9.17, 15) is 4.79 Å². The predicted octanol–water partition coefficient (Wildman–Crippen LogP) is 4.01. The van der Waals surface area contributed by atoms with Crippen molar-refractivity contribution in [2.75, 3.05) is 0 Å². The summed E-state index contributed by atoms with van der Waals surface area (Å²) < 4.78 is 6.35. The van der Waals surface area contributed by atoms with Gasteiger partial charge in [0.1, 0.15) is 6.29 Å². The molecule has 0 bridgehead atoms. The summed E-state index contributed by atoms with van der Waals surface area (Å²) in [5.41, 5.74) is 0.620. The summed E-state index contributed by atoms with van der Waals surface area (Å²) in [6.45, 7) is 13.1. The third kappa shape index (κ3) is 3.70. The van der Waals surface area contributed by atoms with Crippen molar-refractivity contribution in [3.63, 3.8) is 0 Å². The maximum Gasteiger partial charge on any atom is 0.195 e. The lowest BCUT2D eigenvalue weighted by atomic mass is 10.0. The van der Waals surface area contributed by atoms with Crippen LogP contribution >= 0.6 is 0 Å². The van der Waals surface area contributed by atoms with Crippen LogP contribution in [0.5, 0.6) is 0 Å². The Morgan fingerprint density at radius 2 is 1.62 bits per heavy atom. The largest absolute Gasteiger partial charge is 0.413 e. The molecule has 0 aromatic rings. The van der Waals surface area contributed by atoms with Gasteiger partial charge in [-0.25, -0.2) is 0 Å². The molecule has 0 aliphatic carbocycles. The molecule has 0 aliphatic rings. The molecule has 16 heavy (non-hydrogen) atoms. The zero-order chi connectivity index (χ0) is 12.8. The zero-order valence-electron chi connectivity index (χ0n) is 11.7. The number of aldehydes is 1. The minimum atomic E-state index is -1.64. The van der Waals surface area contributed by atoms with Crippen LogP contribution in [-0.2, 0) is 9.22 Å². The first-order valence-electron chi connectivity index (χ1n) is 6.60. The Bertz CT molecular complexity index is 200. The molecule has 0 spiro atoms. The molecule has 0 aromatic carbocycles. The van der Waals surface area contributed by atoms with Gasteiger partial charge in [0.15, 0.2) is 8.32 Å². The fourth-order valence-electron chi connectivity index (χ4n) is 2.37. The lowest BCUT2D eigenvalue weighted by molar-refractivity contribution is -0.113. The first-order chi connectivity index (χ1) is 7.47. The molecule has 0 heterocycles. The Labute approximate surface area is 102 Å². The van der Waals surface area contributed by atoms with Crippen LogP contribution in [0.25, 0.3) is 0 Å². The van der Waals surface area contributed by atoms with Crippen LogP contribution in [0, 0.1) is 5.92 Å². The predicted molar refractivity (Wildman–Crippen MR) is 72.2 cm³/mol. The third-order valence-electron chi connectivity index (χ3n) is 3.92. The Morgan fingerprint density at radius 3 is 1.88 bits per heavy atom. The van der Waals surface area contributed by atoms with Gasteiger partial charge in [-0.15, -0.1) is 0 Å². The molecule has 3 heteroatoms. The van der Waals surface area contributed by atoms with Crippen molar-refractivity contribution >= 4 is 14.6 Å². The highest BCUT2D eigenvalue weighted by Gasteiger charge is 2.37. The van der Waals surface area contributed by atoms with Crippen molar-refractivity contribution in [3.05, 3.63) is 0 Å². The van der Waals surface area contributed by atoms with E-state index in [1.54, 1.807) is 0 Å². The van der Waals surface area contributed by atoms with Gasteiger partial charge in [0.25, 0.3) is 0 Å². The van der Waals surface area contributed by atoms with Crippen LogP contribution in [-0.4, -0.2) is 20.7 Å². The Morgan fingerprint density at radius 1 is 1.12 bits per heavy atom. The van der Waals surface area contributed by atoms with Gasteiger partial charge in [-0.3, -0.25) is 0 Å². The maximum absolute atomic E-state index is 10.9. The summed E-state index contributed by atoms with van der Waals surface area (Å²) in [6.07, 6.45) is 2.01. The molecular weight excluding hydrogens is 216 g/mol. The fraction of sp³-hybridized carbons (Fsp3) is 0.923. The van der Waals surface area contributed by atoms with E-state index in [0.717, 1.165) is 24.8 Å². The van der Waals surface area contributed by atoms with Gasteiger partial charge >= 0.3 is 0 Å². The van der Waals surface area contributed by atoms with E-state index >= 15 is 0 Å². The second kappa shape index (κ2) is 7.23. The van der Waals surface area contributed by atoms with E-state index in [0.29, 0.717) is 5.54 Å². The molecule has 0 unspecified atom stereocenters. The van der Waals surface area contributed by atoms with Crippen molar-refractivity contribution in [2.24, 2.45) is 5.92 Å². The zero-order valence-corrected chi connectivity index (χ0v) is 12.7. The summed E-state index contributed by atoms with van der Waals surface area (Å²) in [7, 11) is -1.64. The summed E-state index contributed by atoms with van der Waals surface area (Å²) in [6, 6.07) is 2.28. The molecule has 0 saturated heterocycles. The van der Waals surface area contributed by atoms with Crippen molar-refractivity contribution in [1.29, 1.82) is 0 Å². The summed E-state index contributed by atoms with van der Waals surface area (Å²) >= 11 is 0. The van der Waals surface area contributed by atoms with Crippen LogP contribution in [0.4, 0.5) is 0 Å². The second-order valence-electron chi connectivity index (χ2n) is 4.96. The SMILES string of the molecule is CC[C@@H](C=O)[C@@H](C)O[Si](CC)(CC)C(C)C. The van der Waals surface area contributed by atoms with Crippen LogP contribution in [0.2, 0.25) is 17.6 Å². The maximum atomic E-state index is 10.9. The van der Waals surface area contributed by atoms with Crippen molar-refractivity contribution < 1.29 is 9.22 Å². The molecule has 0 radical (unpaired) electrons. The molecular formula is C13H28O2Si. The number of carbonyl (C=O) groups excluding carboxylic acids is 1. The molecule has 0 amide bonds. The molecule has 0 aliphatic heterocycles. The second-order valence-corrected chi connectivity index (χ2v) is 9.89.